The number of hydrogen-bond acceptors (Lipinski definition) is 2. The highest BCUT2D eigenvalue weighted by Crippen LogP contribution is 2.35. The Hall–Kier alpha value is -0.0800. The van der Waals surface area contributed by atoms with Gasteiger partial charge in [0.15, 0.2) is 0 Å². The van der Waals surface area contributed by atoms with Crippen molar-refractivity contribution >= 4 is 0 Å². The van der Waals surface area contributed by atoms with Gasteiger partial charge in [0.25, 0.3) is 0 Å². The Morgan fingerprint density at radius 2 is 1.83 bits per heavy atom. The summed E-state index contributed by atoms with van der Waals surface area (Å²) in [6, 6.07) is 0. The lowest BCUT2D eigenvalue weighted by Crippen LogP contribution is -2.24. The van der Waals surface area contributed by atoms with Crippen LogP contribution in [0.3, 0.4) is 0 Å². The number of likely N-dealkylation sites (N-methyl/N-ethyl adjacent to an activating group) is 1. The number of aliphatic hydroxyl groups excluding tert-OH is 1. The fraction of sp³-hybridized carbons (Fsp3) is 1.00. The molecule has 0 aromatic rings. The third kappa shape index (κ3) is 1.50. The van der Waals surface area contributed by atoms with Crippen LogP contribution in [-0.2, 0) is 0 Å². The minimum Gasteiger partial charge on any atom is -0.391 e. The second-order valence-corrected chi connectivity index (χ2v) is 4.50. The van der Waals surface area contributed by atoms with Gasteiger partial charge in [-0.2, -0.15) is 0 Å². The molecule has 1 heterocycles. The smallest absolute Gasteiger partial charge is 0.0709 e. The van der Waals surface area contributed by atoms with Gasteiger partial charge in [0, 0.05) is 19.0 Å². The van der Waals surface area contributed by atoms with Crippen LogP contribution in [-0.4, -0.2) is 36.2 Å². The van der Waals surface area contributed by atoms with E-state index < -0.39 is 0 Å². The summed E-state index contributed by atoms with van der Waals surface area (Å²) in [5.74, 6) is 1.41. The van der Waals surface area contributed by atoms with Crippen LogP contribution in [0.4, 0.5) is 0 Å². The van der Waals surface area contributed by atoms with Gasteiger partial charge in [0.1, 0.15) is 0 Å². The highest BCUT2D eigenvalue weighted by molar-refractivity contribution is 4.88. The van der Waals surface area contributed by atoms with Crippen molar-refractivity contribution in [3.63, 3.8) is 0 Å². The summed E-state index contributed by atoms with van der Waals surface area (Å²) in [6.45, 7) is 2.01. The lowest BCUT2D eigenvalue weighted by Gasteiger charge is -2.20. The van der Waals surface area contributed by atoms with Crippen molar-refractivity contribution in [3.05, 3.63) is 0 Å². The molecule has 1 aliphatic carbocycles. The highest BCUT2D eigenvalue weighted by Gasteiger charge is 2.36. The van der Waals surface area contributed by atoms with Crippen molar-refractivity contribution in [1.29, 1.82) is 0 Å². The van der Waals surface area contributed by atoms with E-state index in [2.05, 4.69) is 11.9 Å². The van der Waals surface area contributed by atoms with Crippen LogP contribution < -0.4 is 0 Å². The Kier molecular flexibility index (Phi) is 2.37. The molecule has 2 unspecified atom stereocenters. The summed E-state index contributed by atoms with van der Waals surface area (Å²) in [5, 5.41) is 9.78. The quantitative estimate of drug-likeness (QED) is 0.635. The van der Waals surface area contributed by atoms with E-state index in [0.29, 0.717) is 5.92 Å². The summed E-state index contributed by atoms with van der Waals surface area (Å²) in [7, 11) is 2.11. The van der Waals surface area contributed by atoms with Gasteiger partial charge in [-0.15, -0.1) is 0 Å². The zero-order valence-electron chi connectivity index (χ0n) is 7.87. The topological polar surface area (TPSA) is 23.5 Å². The van der Waals surface area contributed by atoms with E-state index in [4.69, 9.17) is 0 Å². The molecule has 0 aromatic heterocycles. The lowest BCUT2D eigenvalue weighted by atomic mass is 9.88. The second kappa shape index (κ2) is 3.35. The van der Waals surface area contributed by atoms with E-state index >= 15 is 0 Å². The Labute approximate surface area is 74.6 Å². The Morgan fingerprint density at radius 3 is 2.33 bits per heavy atom. The number of likely N-dealkylation sites (tertiary alicyclic amines) is 1. The van der Waals surface area contributed by atoms with Gasteiger partial charge < -0.3 is 10.0 Å². The zero-order valence-corrected chi connectivity index (χ0v) is 7.87. The molecule has 2 heteroatoms. The Bertz CT molecular complexity index is 154. The highest BCUT2D eigenvalue weighted by atomic mass is 16.3. The van der Waals surface area contributed by atoms with E-state index in [0.717, 1.165) is 19.0 Å². The van der Waals surface area contributed by atoms with Crippen LogP contribution in [0.2, 0.25) is 0 Å². The number of β-amino-alcohol motifs (C(OH)–C–C–N with tert-alkyl or cyclic N) is 1. The second-order valence-electron chi connectivity index (χ2n) is 4.50. The molecule has 1 saturated carbocycles. The minimum atomic E-state index is -0.0434. The average Bonchev–Trinajstić information content (AvgIpc) is 2.58. The van der Waals surface area contributed by atoms with E-state index in [1.54, 1.807) is 0 Å². The first-order chi connectivity index (χ1) is 5.77. The standard InChI is InChI=1S/C10H19NO/c1-11-6-9(10(12)7-11)8-4-2-3-5-8/h8-10,12H,2-7H2,1H3. The van der Waals surface area contributed by atoms with Gasteiger partial charge in [-0.25, -0.2) is 0 Å². The van der Waals surface area contributed by atoms with Crippen molar-refractivity contribution in [2.75, 3.05) is 20.1 Å². The van der Waals surface area contributed by atoms with Crippen LogP contribution in [0.15, 0.2) is 0 Å². The number of hydrogen-bond donors (Lipinski definition) is 1. The van der Waals surface area contributed by atoms with Crippen LogP contribution in [0.5, 0.6) is 0 Å². The van der Waals surface area contributed by atoms with Crippen molar-refractivity contribution in [2.24, 2.45) is 11.8 Å². The first-order valence-electron chi connectivity index (χ1n) is 5.14. The van der Waals surface area contributed by atoms with Gasteiger partial charge in [0.05, 0.1) is 6.10 Å². The number of nitrogens with zero attached hydrogens (tertiary/aromatic N) is 1. The van der Waals surface area contributed by atoms with Crippen LogP contribution in [0, 0.1) is 11.8 Å². The first-order valence-corrected chi connectivity index (χ1v) is 5.14. The van der Waals surface area contributed by atoms with Crippen LogP contribution >= 0.6 is 0 Å². The molecule has 12 heavy (non-hydrogen) atoms. The zero-order chi connectivity index (χ0) is 8.55. The van der Waals surface area contributed by atoms with E-state index in [9.17, 15) is 5.11 Å². The summed E-state index contributed by atoms with van der Waals surface area (Å²) >= 11 is 0. The molecule has 2 rings (SSSR count). The van der Waals surface area contributed by atoms with Gasteiger partial charge in [0.2, 0.25) is 0 Å². The lowest BCUT2D eigenvalue weighted by molar-refractivity contribution is 0.113. The van der Waals surface area contributed by atoms with E-state index in [1.165, 1.54) is 25.7 Å². The minimum absolute atomic E-state index is 0.0434. The molecule has 2 atom stereocenters. The molecule has 0 spiro atoms. The van der Waals surface area contributed by atoms with Gasteiger partial charge >= 0.3 is 0 Å². The maximum absolute atomic E-state index is 9.78. The Morgan fingerprint density at radius 1 is 1.17 bits per heavy atom. The van der Waals surface area contributed by atoms with Gasteiger partial charge in [-0.05, 0) is 13.0 Å². The first kappa shape index (κ1) is 8.52. The van der Waals surface area contributed by atoms with Crippen molar-refractivity contribution < 1.29 is 5.11 Å². The van der Waals surface area contributed by atoms with Gasteiger partial charge in [-0.1, -0.05) is 25.7 Å². The molecule has 2 nitrogen and oxygen atoms in total. The molecule has 1 aliphatic heterocycles. The number of aliphatic hydroxyl groups is 1. The number of rotatable bonds is 1. The predicted molar refractivity (Wildman–Crippen MR) is 49.0 cm³/mol. The molecule has 0 bridgehead atoms. The van der Waals surface area contributed by atoms with Crippen LogP contribution in [0.25, 0.3) is 0 Å². The van der Waals surface area contributed by atoms with Crippen LogP contribution in [0.1, 0.15) is 25.7 Å². The monoisotopic (exact) mass is 169 g/mol. The van der Waals surface area contributed by atoms with Crippen molar-refractivity contribution in [3.8, 4) is 0 Å². The summed E-state index contributed by atoms with van der Waals surface area (Å²) < 4.78 is 0. The van der Waals surface area contributed by atoms with E-state index in [-0.39, 0.29) is 6.10 Å². The summed E-state index contributed by atoms with van der Waals surface area (Å²) in [5.41, 5.74) is 0. The molecular formula is C10H19NO. The normalized spacial score (nSPS) is 39.5. The SMILES string of the molecule is CN1CC(O)C(C2CCCC2)C1. The summed E-state index contributed by atoms with van der Waals surface area (Å²) in [6.07, 6.45) is 5.44. The largest absolute Gasteiger partial charge is 0.391 e. The maximum atomic E-state index is 9.78. The third-order valence-corrected chi connectivity index (χ3v) is 3.52. The third-order valence-electron chi connectivity index (χ3n) is 3.52. The molecule has 1 N–H and O–H groups in total. The predicted octanol–water partition coefficient (Wildman–Crippen LogP) is 1.10. The van der Waals surface area contributed by atoms with E-state index in [1.807, 2.05) is 0 Å². The molecule has 0 amide bonds. The molecule has 2 aliphatic rings. The summed E-state index contributed by atoms with van der Waals surface area (Å²) in [4.78, 5) is 2.26. The average molecular weight is 169 g/mol. The fourth-order valence-corrected chi connectivity index (χ4v) is 2.86. The molecule has 70 valence electrons. The molecule has 2 fully saturated rings. The van der Waals surface area contributed by atoms with Crippen molar-refractivity contribution in [1.82, 2.24) is 4.90 Å². The molecule has 0 aromatic carbocycles. The maximum Gasteiger partial charge on any atom is 0.0709 e. The van der Waals surface area contributed by atoms with Gasteiger partial charge in [-0.3, -0.25) is 0 Å². The fourth-order valence-electron chi connectivity index (χ4n) is 2.86. The molecule has 0 radical (unpaired) electrons. The molecule has 1 saturated heterocycles. The molecular weight excluding hydrogens is 150 g/mol. The Balaban J connectivity index is 1.94. The van der Waals surface area contributed by atoms with Crippen molar-refractivity contribution in [2.45, 2.75) is 31.8 Å².